The number of hydrogen-bond donors (Lipinski definition) is 1. The number of rotatable bonds is 6. The van der Waals surface area contributed by atoms with Gasteiger partial charge in [0.05, 0.1) is 0 Å². The minimum absolute atomic E-state index is 0.476. The van der Waals surface area contributed by atoms with Crippen molar-refractivity contribution in [1.82, 2.24) is 10.3 Å². The predicted octanol–water partition coefficient (Wildman–Crippen LogP) is 4.67. The predicted molar refractivity (Wildman–Crippen MR) is 103 cm³/mol. The van der Waals surface area contributed by atoms with Crippen molar-refractivity contribution in [3.8, 4) is 28.4 Å². The Hall–Kier alpha value is -2.85. The van der Waals surface area contributed by atoms with Crippen LogP contribution in [0.2, 0.25) is 0 Å². The van der Waals surface area contributed by atoms with E-state index in [1.807, 2.05) is 66.9 Å². The zero-order chi connectivity index (χ0) is 17.6. The molecular weight excluding hydrogens is 324 g/mol. The van der Waals surface area contributed by atoms with Gasteiger partial charge < -0.3 is 14.8 Å². The van der Waals surface area contributed by atoms with Gasteiger partial charge in [0.25, 0.3) is 0 Å². The van der Waals surface area contributed by atoms with Crippen molar-refractivity contribution >= 4 is 0 Å². The van der Waals surface area contributed by atoms with Gasteiger partial charge in [-0.05, 0) is 73.0 Å². The molecule has 1 saturated heterocycles. The molecule has 26 heavy (non-hydrogen) atoms. The molecule has 1 fully saturated rings. The fourth-order valence-electron chi connectivity index (χ4n) is 3.08. The highest BCUT2D eigenvalue weighted by Gasteiger charge is 2.14. The van der Waals surface area contributed by atoms with E-state index in [2.05, 4.69) is 10.3 Å². The number of nitrogens with one attached hydrogen (secondary N) is 1. The molecular formula is C22H22N2O2. The number of aromatic nitrogens is 1. The lowest BCUT2D eigenvalue weighted by atomic mass is 10.1. The normalized spacial score (nSPS) is 16.4. The zero-order valence-corrected chi connectivity index (χ0v) is 14.6. The SMILES string of the molecule is c1cncc(-c2ccc(Oc3ccc(OCC4CCCN4)cc3)cc2)c1. The lowest BCUT2D eigenvalue weighted by Gasteiger charge is -2.12. The van der Waals surface area contributed by atoms with Gasteiger partial charge in [-0.3, -0.25) is 4.98 Å². The molecule has 0 saturated carbocycles. The van der Waals surface area contributed by atoms with Crippen LogP contribution in [0, 0.1) is 0 Å². The van der Waals surface area contributed by atoms with Crippen LogP contribution < -0.4 is 14.8 Å². The smallest absolute Gasteiger partial charge is 0.127 e. The summed E-state index contributed by atoms with van der Waals surface area (Å²) in [5, 5.41) is 3.43. The highest BCUT2D eigenvalue weighted by atomic mass is 16.5. The van der Waals surface area contributed by atoms with Crippen LogP contribution in [0.15, 0.2) is 73.1 Å². The number of hydrogen-bond acceptors (Lipinski definition) is 4. The van der Waals surface area contributed by atoms with Crippen LogP contribution in [-0.2, 0) is 0 Å². The van der Waals surface area contributed by atoms with E-state index in [0.717, 1.165) is 41.5 Å². The van der Waals surface area contributed by atoms with Crippen molar-refractivity contribution in [3.63, 3.8) is 0 Å². The molecule has 132 valence electrons. The Morgan fingerprint density at radius 3 is 2.27 bits per heavy atom. The molecule has 2 heterocycles. The largest absolute Gasteiger partial charge is 0.492 e. The van der Waals surface area contributed by atoms with Crippen LogP contribution in [-0.4, -0.2) is 24.2 Å². The van der Waals surface area contributed by atoms with Crippen LogP contribution in [0.1, 0.15) is 12.8 Å². The molecule has 1 unspecified atom stereocenters. The number of nitrogens with zero attached hydrogens (tertiary/aromatic N) is 1. The number of ether oxygens (including phenoxy) is 2. The van der Waals surface area contributed by atoms with Gasteiger partial charge >= 0.3 is 0 Å². The molecule has 0 radical (unpaired) electrons. The molecule has 0 amide bonds. The van der Waals surface area contributed by atoms with E-state index >= 15 is 0 Å². The third-order valence-electron chi connectivity index (χ3n) is 4.52. The fraction of sp³-hybridized carbons (Fsp3) is 0.227. The molecule has 1 N–H and O–H groups in total. The molecule has 1 aromatic heterocycles. The first-order chi connectivity index (χ1) is 12.9. The van der Waals surface area contributed by atoms with E-state index in [4.69, 9.17) is 9.47 Å². The van der Waals surface area contributed by atoms with Gasteiger partial charge in [-0.25, -0.2) is 0 Å². The number of pyridine rings is 1. The summed E-state index contributed by atoms with van der Waals surface area (Å²) in [6.45, 7) is 1.82. The van der Waals surface area contributed by atoms with Crippen LogP contribution >= 0.6 is 0 Å². The molecule has 4 heteroatoms. The van der Waals surface area contributed by atoms with Gasteiger partial charge in [-0.1, -0.05) is 18.2 Å². The van der Waals surface area contributed by atoms with E-state index in [1.165, 1.54) is 12.8 Å². The first-order valence-electron chi connectivity index (χ1n) is 9.01. The van der Waals surface area contributed by atoms with E-state index in [9.17, 15) is 0 Å². The van der Waals surface area contributed by atoms with Gasteiger partial charge in [-0.15, -0.1) is 0 Å². The second-order valence-corrected chi connectivity index (χ2v) is 6.44. The molecule has 2 aromatic carbocycles. The Kier molecular flexibility index (Phi) is 5.12. The van der Waals surface area contributed by atoms with Crippen LogP contribution in [0.3, 0.4) is 0 Å². The van der Waals surface area contributed by atoms with E-state index in [0.29, 0.717) is 6.04 Å². The summed E-state index contributed by atoms with van der Waals surface area (Å²) >= 11 is 0. The summed E-state index contributed by atoms with van der Waals surface area (Å²) in [6.07, 6.45) is 6.06. The Labute approximate surface area is 153 Å². The molecule has 4 nitrogen and oxygen atoms in total. The number of benzene rings is 2. The highest BCUT2D eigenvalue weighted by Crippen LogP contribution is 2.26. The maximum atomic E-state index is 5.92. The Balaban J connectivity index is 1.35. The second-order valence-electron chi connectivity index (χ2n) is 6.44. The molecule has 0 bridgehead atoms. The molecule has 0 spiro atoms. The van der Waals surface area contributed by atoms with E-state index < -0.39 is 0 Å². The van der Waals surface area contributed by atoms with Gasteiger partial charge in [0.2, 0.25) is 0 Å². The summed E-state index contributed by atoms with van der Waals surface area (Å²) in [4.78, 5) is 4.15. The maximum absolute atomic E-state index is 5.92. The van der Waals surface area contributed by atoms with Crippen LogP contribution in [0.5, 0.6) is 17.2 Å². The van der Waals surface area contributed by atoms with Crippen molar-refractivity contribution in [3.05, 3.63) is 73.1 Å². The summed E-state index contributed by atoms with van der Waals surface area (Å²) in [7, 11) is 0. The summed E-state index contributed by atoms with van der Waals surface area (Å²) in [5.74, 6) is 2.48. The van der Waals surface area contributed by atoms with Crippen molar-refractivity contribution in [2.75, 3.05) is 13.2 Å². The lowest BCUT2D eigenvalue weighted by Crippen LogP contribution is -2.28. The third kappa shape index (κ3) is 4.21. The molecule has 1 aliphatic rings. The zero-order valence-electron chi connectivity index (χ0n) is 14.6. The van der Waals surface area contributed by atoms with Gasteiger partial charge in [0, 0.05) is 18.4 Å². The summed E-state index contributed by atoms with van der Waals surface area (Å²) in [5.41, 5.74) is 2.21. The lowest BCUT2D eigenvalue weighted by molar-refractivity contribution is 0.277. The van der Waals surface area contributed by atoms with Crippen molar-refractivity contribution in [2.24, 2.45) is 0 Å². The first-order valence-corrected chi connectivity index (χ1v) is 9.01. The van der Waals surface area contributed by atoms with E-state index in [1.54, 1.807) is 6.20 Å². The first kappa shape index (κ1) is 16.6. The topological polar surface area (TPSA) is 43.4 Å². The monoisotopic (exact) mass is 346 g/mol. The van der Waals surface area contributed by atoms with Gasteiger partial charge in [0.1, 0.15) is 23.9 Å². The molecule has 1 atom stereocenters. The van der Waals surface area contributed by atoms with Crippen LogP contribution in [0.4, 0.5) is 0 Å². The second kappa shape index (κ2) is 8.02. The van der Waals surface area contributed by atoms with Crippen molar-refractivity contribution in [1.29, 1.82) is 0 Å². The Morgan fingerprint density at radius 2 is 1.62 bits per heavy atom. The highest BCUT2D eigenvalue weighted by molar-refractivity contribution is 5.63. The minimum Gasteiger partial charge on any atom is -0.492 e. The third-order valence-corrected chi connectivity index (χ3v) is 4.52. The van der Waals surface area contributed by atoms with Gasteiger partial charge in [-0.2, -0.15) is 0 Å². The minimum atomic E-state index is 0.476. The molecule has 4 rings (SSSR count). The summed E-state index contributed by atoms with van der Waals surface area (Å²) < 4.78 is 11.8. The van der Waals surface area contributed by atoms with E-state index in [-0.39, 0.29) is 0 Å². The fourth-order valence-corrected chi connectivity index (χ4v) is 3.08. The Morgan fingerprint density at radius 1 is 0.885 bits per heavy atom. The van der Waals surface area contributed by atoms with Gasteiger partial charge in [0.15, 0.2) is 0 Å². The standard InChI is InChI=1S/C22H22N2O2/c1-3-18(15-23-13-1)17-5-7-21(8-6-17)26-22-11-9-20(10-12-22)25-16-19-4-2-14-24-19/h1,3,5-13,15,19,24H,2,4,14,16H2. The maximum Gasteiger partial charge on any atom is 0.127 e. The average molecular weight is 346 g/mol. The quantitative estimate of drug-likeness (QED) is 0.704. The summed E-state index contributed by atoms with van der Waals surface area (Å²) in [6, 6.07) is 20.3. The van der Waals surface area contributed by atoms with Crippen molar-refractivity contribution < 1.29 is 9.47 Å². The van der Waals surface area contributed by atoms with Crippen LogP contribution in [0.25, 0.3) is 11.1 Å². The van der Waals surface area contributed by atoms with Crippen molar-refractivity contribution in [2.45, 2.75) is 18.9 Å². The Bertz CT molecular complexity index is 811. The average Bonchev–Trinajstić information content (AvgIpc) is 3.22. The molecule has 3 aromatic rings. The molecule has 1 aliphatic heterocycles. The molecule has 0 aliphatic carbocycles.